The summed E-state index contributed by atoms with van der Waals surface area (Å²) in [5.41, 5.74) is 3.77. The third-order valence-electron chi connectivity index (χ3n) is 3.00. The van der Waals surface area contributed by atoms with Crippen LogP contribution in [0.3, 0.4) is 0 Å². The lowest BCUT2D eigenvalue weighted by molar-refractivity contribution is 0.559. The standard InChI is InChI=1S/C14H16ClFN2S/c1-2-10-4-6-14(19-10)13(18-17)8-9-3-5-12(16)11(15)7-9/h3-7,13,18H,2,8,17H2,1H3. The molecule has 0 saturated carbocycles. The molecule has 0 aliphatic rings. The first-order chi connectivity index (χ1) is 9.13. The lowest BCUT2D eigenvalue weighted by Crippen LogP contribution is -2.28. The molecule has 1 aromatic carbocycles. The molecule has 1 unspecified atom stereocenters. The number of hydrazine groups is 1. The van der Waals surface area contributed by atoms with E-state index in [2.05, 4.69) is 24.5 Å². The van der Waals surface area contributed by atoms with E-state index in [9.17, 15) is 4.39 Å². The summed E-state index contributed by atoms with van der Waals surface area (Å²) < 4.78 is 13.1. The molecule has 1 aromatic heterocycles. The van der Waals surface area contributed by atoms with Crippen LogP contribution < -0.4 is 11.3 Å². The van der Waals surface area contributed by atoms with Crippen LogP contribution in [0, 0.1) is 5.82 Å². The Balaban J connectivity index is 2.16. The summed E-state index contributed by atoms with van der Waals surface area (Å²) in [6.07, 6.45) is 1.70. The largest absolute Gasteiger partial charge is 0.271 e. The Morgan fingerprint density at radius 3 is 2.74 bits per heavy atom. The quantitative estimate of drug-likeness (QED) is 0.650. The van der Waals surface area contributed by atoms with Gasteiger partial charge in [-0.1, -0.05) is 24.6 Å². The van der Waals surface area contributed by atoms with Crippen LogP contribution in [-0.2, 0) is 12.8 Å². The van der Waals surface area contributed by atoms with Crippen LogP contribution in [0.4, 0.5) is 4.39 Å². The third-order valence-corrected chi connectivity index (χ3v) is 4.63. The first-order valence-corrected chi connectivity index (χ1v) is 7.32. The smallest absolute Gasteiger partial charge is 0.141 e. The van der Waals surface area contributed by atoms with Crippen molar-refractivity contribution in [3.8, 4) is 0 Å². The van der Waals surface area contributed by atoms with Crippen LogP contribution in [0.15, 0.2) is 30.3 Å². The number of aryl methyl sites for hydroxylation is 1. The van der Waals surface area contributed by atoms with Gasteiger partial charge in [0.05, 0.1) is 11.1 Å². The molecule has 0 spiro atoms. The maximum atomic E-state index is 13.1. The van der Waals surface area contributed by atoms with E-state index in [1.165, 1.54) is 15.8 Å². The van der Waals surface area contributed by atoms with Crippen molar-refractivity contribution in [2.75, 3.05) is 0 Å². The van der Waals surface area contributed by atoms with E-state index in [1.807, 2.05) is 0 Å². The van der Waals surface area contributed by atoms with Gasteiger partial charge >= 0.3 is 0 Å². The molecule has 0 amide bonds. The monoisotopic (exact) mass is 298 g/mol. The molecule has 0 bridgehead atoms. The summed E-state index contributed by atoms with van der Waals surface area (Å²) in [4.78, 5) is 2.51. The summed E-state index contributed by atoms with van der Waals surface area (Å²) in [5, 5.41) is 0.147. The minimum atomic E-state index is -0.396. The molecule has 1 atom stereocenters. The summed E-state index contributed by atoms with van der Waals surface area (Å²) >= 11 is 7.53. The van der Waals surface area contributed by atoms with Crippen LogP contribution in [0.1, 0.15) is 28.3 Å². The van der Waals surface area contributed by atoms with Gasteiger partial charge < -0.3 is 0 Å². The molecular formula is C14H16ClFN2S. The molecule has 102 valence electrons. The van der Waals surface area contributed by atoms with Crippen molar-refractivity contribution in [3.63, 3.8) is 0 Å². The lowest BCUT2D eigenvalue weighted by Gasteiger charge is -2.14. The maximum Gasteiger partial charge on any atom is 0.141 e. The molecular weight excluding hydrogens is 283 g/mol. The minimum absolute atomic E-state index is 0.0202. The number of thiophene rings is 1. The van der Waals surface area contributed by atoms with E-state index in [4.69, 9.17) is 17.4 Å². The predicted octanol–water partition coefficient (Wildman–Crippen LogP) is 3.85. The zero-order valence-electron chi connectivity index (χ0n) is 10.6. The highest BCUT2D eigenvalue weighted by molar-refractivity contribution is 7.12. The summed E-state index contributed by atoms with van der Waals surface area (Å²) in [6, 6.07) is 8.99. The Bertz CT molecular complexity index is 556. The topological polar surface area (TPSA) is 38.0 Å². The van der Waals surface area contributed by atoms with E-state index in [-0.39, 0.29) is 11.1 Å². The second-order valence-electron chi connectivity index (χ2n) is 4.33. The van der Waals surface area contributed by atoms with Gasteiger partial charge in [0.25, 0.3) is 0 Å². The van der Waals surface area contributed by atoms with E-state index in [1.54, 1.807) is 23.5 Å². The molecule has 0 radical (unpaired) electrons. The highest BCUT2D eigenvalue weighted by Gasteiger charge is 2.13. The van der Waals surface area contributed by atoms with Crippen LogP contribution >= 0.6 is 22.9 Å². The molecule has 1 heterocycles. The normalized spacial score (nSPS) is 12.6. The van der Waals surface area contributed by atoms with Crippen molar-refractivity contribution in [1.82, 2.24) is 5.43 Å². The zero-order valence-corrected chi connectivity index (χ0v) is 12.2. The van der Waals surface area contributed by atoms with E-state index in [0.29, 0.717) is 6.42 Å². The van der Waals surface area contributed by atoms with Crippen molar-refractivity contribution in [2.45, 2.75) is 25.8 Å². The van der Waals surface area contributed by atoms with Crippen molar-refractivity contribution >= 4 is 22.9 Å². The number of nitrogens with one attached hydrogen (secondary N) is 1. The molecule has 2 rings (SSSR count). The number of halogens is 2. The van der Waals surface area contributed by atoms with Crippen molar-refractivity contribution in [1.29, 1.82) is 0 Å². The van der Waals surface area contributed by atoms with E-state index >= 15 is 0 Å². The van der Waals surface area contributed by atoms with E-state index in [0.717, 1.165) is 12.0 Å². The average Bonchev–Trinajstić information content (AvgIpc) is 2.88. The Labute approximate surface area is 121 Å². The minimum Gasteiger partial charge on any atom is -0.271 e. The number of rotatable bonds is 5. The second-order valence-corrected chi connectivity index (χ2v) is 5.94. The van der Waals surface area contributed by atoms with Gasteiger partial charge in [0.1, 0.15) is 5.82 Å². The summed E-state index contributed by atoms with van der Waals surface area (Å²) in [6.45, 7) is 2.13. The van der Waals surface area contributed by atoms with Gasteiger partial charge in [0, 0.05) is 9.75 Å². The molecule has 19 heavy (non-hydrogen) atoms. The van der Waals surface area contributed by atoms with Gasteiger partial charge in [-0.05, 0) is 42.7 Å². The number of benzene rings is 1. The summed E-state index contributed by atoms with van der Waals surface area (Å²) in [5.74, 6) is 5.22. The van der Waals surface area contributed by atoms with Crippen LogP contribution in [0.25, 0.3) is 0 Å². The van der Waals surface area contributed by atoms with Crippen LogP contribution in [0.5, 0.6) is 0 Å². The Morgan fingerprint density at radius 1 is 1.37 bits per heavy atom. The molecule has 0 fully saturated rings. The molecule has 0 aliphatic heterocycles. The molecule has 2 nitrogen and oxygen atoms in total. The van der Waals surface area contributed by atoms with Gasteiger partial charge in [-0.3, -0.25) is 11.3 Å². The Morgan fingerprint density at radius 2 is 2.16 bits per heavy atom. The highest BCUT2D eigenvalue weighted by Crippen LogP contribution is 2.27. The van der Waals surface area contributed by atoms with Gasteiger partial charge in [0.2, 0.25) is 0 Å². The van der Waals surface area contributed by atoms with Crippen LogP contribution in [0.2, 0.25) is 5.02 Å². The fraction of sp³-hybridized carbons (Fsp3) is 0.286. The van der Waals surface area contributed by atoms with Gasteiger partial charge in [-0.15, -0.1) is 11.3 Å². The molecule has 3 N–H and O–H groups in total. The third kappa shape index (κ3) is 3.54. The van der Waals surface area contributed by atoms with Crippen molar-refractivity contribution < 1.29 is 4.39 Å². The fourth-order valence-corrected chi connectivity index (χ4v) is 3.13. The van der Waals surface area contributed by atoms with Gasteiger partial charge in [-0.2, -0.15) is 0 Å². The first kappa shape index (κ1) is 14.5. The molecule has 0 aliphatic carbocycles. The first-order valence-electron chi connectivity index (χ1n) is 6.12. The number of hydrogen-bond acceptors (Lipinski definition) is 3. The second kappa shape index (κ2) is 6.48. The van der Waals surface area contributed by atoms with Gasteiger partial charge in [0.15, 0.2) is 0 Å². The SMILES string of the molecule is CCc1ccc(C(Cc2ccc(F)c(Cl)c2)NN)s1. The van der Waals surface area contributed by atoms with Crippen molar-refractivity contribution in [2.24, 2.45) is 5.84 Å². The molecule has 5 heteroatoms. The highest BCUT2D eigenvalue weighted by atomic mass is 35.5. The van der Waals surface area contributed by atoms with Gasteiger partial charge in [-0.25, -0.2) is 4.39 Å². The lowest BCUT2D eigenvalue weighted by atomic mass is 10.1. The Kier molecular flexibility index (Phi) is 4.93. The van der Waals surface area contributed by atoms with Crippen LogP contribution in [-0.4, -0.2) is 0 Å². The fourth-order valence-electron chi connectivity index (χ4n) is 1.92. The molecule has 0 saturated heterocycles. The van der Waals surface area contributed by atoms with Crippen molar-refractivity contribution in [3.05, 3.63) is 56.5 Å². The number of hydrogen-bond donors (Lipinski definition) is 2. The predicted molar refractivity (Wildman–Crippen MR) is 78.9 cm³/mol. The average molecular weight is 299 g/mol. The number of nitrogens with two attached hydrogens (primary N) is 1. The van der Waals surface area contributed by atoms with E-state index < -0.39 is 5.82 Å². The zero-order chi connectivity index (χ0) is 13.8. The Hall–Kier alpha value is -0.940. The summed E-state index contributed by atoms with van der Waals surface area (Å²) in [7, 11) is 0. The molecule has 2 aromatic rings. The maximum absolute atomic E-state index is 13.1.